The van der Waals surface area contributed by atoms with Gasteiger partial charge in [0.15, 0.2) is 0 Å². The van der Waals surface area contributed by atoms with Crippen molar-refractivity contribution in [2.45, 2.75) is 6.42 Å². The van der Waals surface area contributed by atoms with Crippen LogP contribution < -0.4 is 0 Å². The van der Waals surface area contributed by atoms with Crippen LogP contribution in [-0.4, -0.2) is 13.1 Å². The van der Waals surface area contributed by atoms with Gasteiger partial charge < -0.3 is 4.74 Å². The summed E-state index contributed by atoms with van der Waals surface area (Å²) >= 11 is 3.35. The fourth-order valence-corrected chi connectivity index (χ4v) is 3.97. The Hall–Kier alpha value is -1.39. The van der Waals surface area contributed by atoms with Crippen molar-refractivity contribution in [1.82, 2.24) is 0 Å². The summed E-state index contributed by atoms with van der Waals surface area (Å²) in [5.41, 5.74) is 3.09. The van der Waals surface area contributed by atoms with Crippen molar-refractivity contribution in [1.29, 1.82) is 0 Å². The van der Waals surface area contributed by atoms with Crippen LogP contribution in [0, 0.1) is 0 Å². The Morgan fingerprint density at radius 1 is 1.29 bits per heavy atom. The van der Waals surface area contributed by atoms with Gasteiger partial charge in [0.25, 0.3) is 0 Å². The van der Waals surface area contributed by atoms with E-state index in [-0.39, 0.29) is 5.97 Å². The van der Waals surface area contributed by atoms with E-state index in [0.717, 1.165) is 16.0 Å². The largest absolute Gasteiger partial charge is 0.466 e. The minimum atomic E-state index is -0.211. The monoisotopic (exact) mass is 262 g/mol. The third kappa shape index (κ3) is 1.64. The highest BCUT2D eigenvalue weighted by Crippen LogP contribution is 2.42. The SMILES string of the molecule is COC(=O)C1=C(c2cccs2)c2sccc2C1. The predicted molar refractivity (Wildman–Crippen MR) is 70.4 cm³/mol. The molecule has 0 N–H and O–H groups in total. The van der Waals surface area contributed by atoms with Gasteiger partial charge >= 0.3 is 5.97 Å². The summed E-state index contributed by atoms with van der Waals surface area (Å²) in [4.78, 5) is 14.2. The number of carbonyl (C=O) groups excluding carboxylic acids is 1. The van der Waals surface area contributed by atoms with E-state index in [1.807, 2.05) is 11.4 Å². The molecular weight excluding hydrogens is 252 g/mol. The number of ether oxygens (including phenoxy) is 1. The van der Waals surface area contributed by atoms with Crippen molar-refractivity contribution in [2.24, 2.45) is 0 Å². The molecule has 3 rings (SSSR count). The van der Waals surface area contributed by atoms with Gasteiger partial charge in [-0.1, -0.05) is 6.07 Å². The van der Waals surface area contributed by atoms with Gasteiger partial charge in [0, 0.05) is 21.7 Å². The molecule has 2 heterocycles. The van der Waals surface area contributed by atoms with Gasteiger partial charge in [-0.2, -0.15) is 0 Å². The fourth-order valence-electron chi connectivity index (χ4n) is 2.09. The van der Waals surface area contributed by atoms with E-state index in [1.54, 1.807) is 22.7 Å². The van der Waals surface area contributed by atoms with Crippen molar-refractivity contribution < 1.29 is 9.53 Å². The minimum Gasteiger partial charge on any atom is -0.466 e. The molecule has 4 heteroatoms. The second kappa shape index (κ2) is 4.13. The highest BCUT2D eigenvalue weighted by Gasteiger charge is 2.29. The van der Waals surface area contributed by atoms with Crippen LogP contribution in [0.1, 0.15) is 15.3 Å². The number of esters is 1. The van der Waals surface area contributed by atoms with Crippen LogP contribution in [0.2, 0.25) is 0 Å². The molecule has 0 radical (unpaired) electrons. The Labute approximate surface area is 107 Å². The van der Waals surface area contributed by atoms with Crippen LogP contribution in [0.25, 0.3) is 5.57 Å². The van der Waals surface area contributed by atoms with Crippen LogP contribution in [0.5, 0.6) is 0 Å². The maximum absolute atomic E-state index is 11.8. The van der Waals surface area contributed by atoms with E-state index in [2.05, 4.69) is 17.5 Å². The number of hydrogen-bond acceptors (Lipinski definition) is 4. The third-order valence-corrected chi connectivity index (χ3v) is 4.70. The van der Waals surface area contributed by atoms with Crippen LogP contribution in [0.3, 0.4) is 0 Å². The summed E-state index contributed by atoms with van der Waals surface area (Å²) < 4.78 is 4.88. The number of rotatable bonds is 2. The molecule has 0 bridgehead atoms. The van der Waals surface area contributed by atoms with Crippen molar-refractivity contribution in [3.63, 3.8) is 0 Å². The van der Waals surface area contributed by atoms with E-state index in [1.165, 1.54) is 17.6 Å². The van der Waals surface area contributed by atoms with Crippen molar-refractivity contribution in [2.75, 3.05) is 7.11 Å². The summed E-state index contributed by atoms with van der Waals surface area (Å²) in [6.45, 7) is 0. The highest BCUT2D eigenvalue weighted by atomic mass is 32.1. The molecule has 2 nitrogen and oxygen atoms in total. The van der Waals surface area contributed by atoms with Crippen LogP contribution >= 0.6 is 22.7 Å². The van der Waals surface area contributed by atoms with Gasteiger partial charge in [-0.05, 0) is 28.5 Å². The summed E-state index contributed by atoms with van der Waals surface area (Å²) in [6, 6.07) is 6.15. The van der Waals surface area contributed by atoms with Crippen molar-refractivity contribution in [3.8, 4) is 0 Å². The maximum Gasteiger partial charge on any atom is 0.334 e. The Bertz CT molecular complexity index is 591. The van der Waals surface area contributed by atoms with E-state index < -0.39 is 0 Å². The second-order valence-electron chi connectivity index (χ2n) is 3.77. The first kappa shape index (κ1) is 10.7. The molecule has 2 aromatic heterocycles. The Morgan fingerprint density at radius 3 is 2.88 bits per heavy atom. The molecule has 1 aliphatic rings. The first-order valence-electron chi connectivity index (χ1n) is 5.23. The Kier molecular flexibility index (Phi) is 2.61. The lowest BCUT2D eigenvalue weighted by Crippen LogP contribution is -2.06. The fraction of sp³-hybridized carbons (Fsp3) is 0.154. The number of thiophene rings is 2. The van der Waals surface area contributed by atoms with E-state index in [9.17, 15) is 4.79 Å². The standard InChI is InChI=1S/C13H10O2S2/c1-15-13(14)9-7-8-4-6-17-12(8)11(9)10-3-2-5-16-10/h2-6H,7H2,1H3. The molecule has 0 aliphatic heterocycles. The summed E-state index contributed by atoms with van der Waals surface area (Å²) in [7, 11) is 1.44. The first-order valence-corrected chi connectivity index (χ1v) is 6.99. The zero-order valence-corrected chi connectivity index (χ0v) is 10.9. The van der Waals surface area contributed by atoms with Gasteiger partial charge in [-0.15, -0.1) is 22.7 Å². The van der Waals surface area contributed by atoms with E-state index in [4.69, 9.17) is 4.74 Å². The summed E-state index contributed by atoms with van der Waals surface area (Å²) in [6.07, 6.45) is 0.693. The molecule has 2 aromatic rings. The van der Waals surface area contributed by atoms with Gasteiger partial charge in [0.2, 0.25) is 0 Å². The number of fused-ring (bicyclic) bond motifs is 1. The quantitative estimate of drug-likeness (QED) is 0.776. The lowest BCUT2D eigenvalue weighted by Gasteiger charge is -2.03. The molecule has 17 heavy (non-hydrogen) atoms. The van der Waals surface area contributed by atoms with Gasteiger partial charge in [-0.3, -0.25) is 0 Å². The van der Waals surface area contributed by atoms with Gasteiger partial charge in [-0.25, -0.2) is 4.79 Å². The molecule has 1 aliphatic carbocycles. The maximum atomic E-state index is 11.8. The smallest absolute Gasteiger partial charge is 0.334 e. The predicted octanol–water partition coefficient (Wildman–Crippen LogP) is 3.34. The number of carbonyl (C=O) groups is 1. The number of hydrogen-bond donors (Lipinski definition) is 0. The topological polar surface area (TPSA) is 26.3 Å². The average molecular weight is 262 g/mol. The second-order valence-corrected chi connectivity index (χ2v) is 5.64. The van der Waals surface area contributed by atoms with Crippen molar-refractivity contribution >= 4 is 34.2 Å². The molecule has 0 unspecified atom stereocenters. The third-order valence-electron chi connectivity index (χ3n) is 2.84. The summed E-state index contributed by atoms with van der Waals surface area (Å²) in [5, 5.41) is 4.11. The lowest BCUT2D eigenvalue weighted by atomic mass is 10.1. The van der Waals surface area contributed by atoms with Crippen LogP contribution in [0.15, 0.2) is 34.5 Å². The summed E-state index contributed by atoms with van der Waals surface area (Å²) in [5.74, 6) is -0.211. The normalized spacial score (nSPS) is 13.9. The van der Waals surface area contributed by atoms with E-state index in [0.29, 0.717) is 6.42 Å². The van der Waals surface area contributed by atoms with Crippen molar-refractivity contribution in [3.05, 3.63) is 49.9 Å². The number of methoxy groups -OCH3 is 1. The van der Waals surface area contributed by atoms with Gasteiger partial charge in [0.1, 0.15) is 0 Å². The molecule has 0 saturated carbocycles. The molecule has 0 atom stereocenters. The molecule has 0 fully saturated rings. The molecule has 0 spiro atoms. The molecule has 0 saturated heterocycles. The Morgan fingerprint density at radius 2 is 2.18 bits per heavy atom. The minimum absolute atomic E-state index is 0.211. The van der Waals surface area contributed by atoms with Gasteiger partial charge in [0.05, 0.1) is 12.7 Å². The lowest BCUT2D eigenvalue weighted by molar-refractivity contribution is -0.136. The molecular formula is C13H10O2S2. The zero-order chi connectivity index (χ0) is 11.8. The zero-order valence-electron chi connectivity index (χ0n) is 9.23. The molecule has 0 aromatic carbocycles. The average Bonchev–Trinajstić information content (AvgIpc) is 3.02. The molecule has 0 amide bonds. The first-order chi connectivity index (χ1) is 8.31. The van der Waals surface area contributed by atoms with E-state index >= 15 is 0 Å². The Balaban J connectivity index is 2.18. The van der Waals surface area contributed by atoms with Crippen LogP contribution in [0.4, 0.5) is 0 Å². The highest BCUT2D eigenvalue weighted by molar-refractivity contribution is 7.14. The van der Waals surface area contributed by atoms with Crippen LogP contribution in [-0.2, 0) is 16.0 Å². The molecule has 86 valence electrons.